The van der Waals surface area contributed by atoms with E-state index in [1.54, 1.807) is 18.2 Å². The molecule has 8 nitrogen and oxygen atoms in total. The van der Waals surface area contributed by atoms with Crippen molar-refractivity contribution in [1.29, 1.82) is 5.26 Å². The summed E-state index contributed by atoms with van der Waals surface area (Å²) in [4.78, 5) is 24.2. The molecule has 0 radical (unpaired) electrons. The van der Waals surface area contributed by atoms with Crippen LogP contribution in [0.1, 0.15) is 17.5 Å². The number of rotatable bonds is 6. The van der Waals surface area contributed by atoms with Gasteiger partial charge in [0.1, 0.15) is 5.82 Å². The lowest BCUT2D eigenvalue weighted by Crippen LogP contribution is -2.38. The highest BCUT2D eigenvalue weighted by Crippen LogP contribution is 2.29. The topological polar surface area (TPSA) is 120 Å². The van der Waals surface area contributed by atoms with E-state index in [1.807, 2.05) is 54.6 Å². The van der Waals surface area contributed by atoms with E-state index >= 15 is 0 Å². The van der Waals surface area contributed by atoms with Gasteiger partial charge in [0.25, 0.3) is 0 Å². The summed E-state index contributed by atoms with van der Waals surface area (Å²) in [5, 5.41) is 16.6. The van der Waals surface area contributed by atoms with Gasteiger partial charge in [-0.3, -0.25) is 4.79 Å². The van der Waals surface area contributed by atoms with E-state index in [1.165, 1.54) is 0 Å². The average molecular weight is 464 g/mol. The van der Waals surface area contributed by atoms with Crippen molar-refractivity contribution in [2.75, 3.05) is 29.0 Å². The first kappa shape index (κ1) is 22.2. The fraction of sp³-hybridized carbons (Fsp3) is 0.185. The summed E-state index contributed by atoms with van der Waals surface area (Å²) in [6.07, 6.45) is 1.20. The van der Waals surface area contributed by atoms with Crippen LogP contribution in [-0.2, 0) is 11.2 Å². The average Bonchev–Trinajstić information content (AvgIpc) is 3.31. The molecule has 4 N–H and O–H groups in total. The van der Waals surface area contributed by atoms with Gasteiger partial charge in [-0.1, -0.05) is 42.5 Å². The maximum atomic E-state index is 12.6. The van der Waals surface area contributed by atoms with Crippen LogP contribution < -0.4 is 21.3 Å². The Kier molecular flexibility index (Phi) is 6.14. The lowest BCUT2D eigenvalue weighted by Gasteiger charge is -2.21. The van der Waals surface area contributed by atoms with Crippen molar-refractivity contribution in [3.05, 3.63) is 83.9 Å². The molecular formula is C27H25N7O. The van der Waals surface area contributed by atoms with Crippen LogP contribution in [0.15, 0.2) is 72.8 Å². The molecule has 1 aromatic heterocycles. The summed E-state index contributed by atoms with van der Waals surface area (Å²) in [6.45, 7) is 1.44. The van der Waals surface area contributed by atoms with Crippen molar-refractivity contribution in [2.24, 2.45) is 0 Å². The zero-order valence-corrected chi connectivity index (χ0v) is 19.1. The second-order valence-electron chi connectivity index (χ2n) is 8.63. The van der Waals surface area contributed by atoms with Crippen LogP contribution in [0.25, 0.3) is 10.9 Å². The number of hydrogen-bond acceptors (Lipinski definition) is 7. The van der Waals surface area contributed by atoms with Crippen LogP contribution in [0.2, 0.25) is 0 Å². The molecule has 0 spiro atoms. The fourth-order valence-corrected chi connectivity index (χ4v) is 4.40. The number of carbonyl (C=O) groups is 1. The number of nitriles is 1. The summed E-state index contributed by atoms with van der Waals surface area (Å²) < 4.78 is 0. The molecule has 1 atom stereocenters. The standard InChI is InChI=1S/C27H25N7O/c28-16-19-12-20(29)15-22(13-19)31-27-32-24-9-5-4-8-23(24)26(33-27)34-11-10-21(17-34)30-25(35)14-18-6-2-1-3-7-18/h1-9,12-13,15,21H,10-11,14,17,29H2,(H,30,35)(H,31,32,33)/t21-/m0/s1. The van der Waals surface area contributed by atoms with Crippen LogP contribution >= 0.6 is 0 Å². The maximum absolute atomic E-state index is 12.6. The number of nitrogens with two attached hydrogens (primary N) is 1. The van der Waals surface area contributed by atoms with Crippen LogP contribution in [0.3, 0.4) is 0 Å². The highest BCUT2D eigenvalue weighted by molar-refractivity contribution is 5.91. The molecule has 0 saturated carbocycles. The summed E-state index contributed by atoms with van der Waals surface area (Å²) in [7, 11) is 0. The summed E-state index contributed by atoms with van der Waals surface area (Å²) in [5.74, 6) is 1.25. The van der Waals surface area contributed by atoms with Gasteiger partial charge in [-0.05, 0) is 42.3 Å². The molecule has 0 aliphatic carbocycles. The molecular weight excluding hydrogens is 438 g/mol. The molecule has 8 heteroatoms. The van der Waals surface area contributed by atoms with Crippen molar-refractivity contribution in [2.45, 2.75) is 18.9 Å². The monoisotopic (exact) mass is 463 g/mol. The molecule has 35 heavy (non-hydrogen) atoms. The highest BCUT2D eigenvalue weighted by atomic mass is 16.1. The van der Waals surface area contributed by atoms with Gasteiger partial charge < -0.3 is 21.3 Å². The highest BCUT2D eigenvalue weighted by Gasteiger charge is 2.26. The quantitative estimate of drug-likeness (QED) is 0.372. The Morgan fingerprint density at radius 3 is 2.71 bits per heavy atom. The van der Waals surface area contributed by atoms with Crippen molar-refractivity contribution in [3.8, 4) is 6.07 Å². The van der Waals surface area contributed by atoms with Crippen LogP contribution in [-0.4, -0.2) is 35.0 Å². The molecule has 5 rings (SSSR count). The van der Waals surface area contributed by atoms with E-state index in [0.717, 1.165) is 35.2 Å². The lowest BCUT2D eigenvalue weighted by molar-refractivity contribution is -0.121. The number of aromatic nitrogens is 2. The van der Waals surface area contributed by atoms with E-state index in [4.69, 9.17) is 10.7 Å². The maximum Gasteiger partial charge on any atom is 0.229 e. The number of nitrogens with one attached hydrogen (secondary N) is 2. The molecule has 1 aliphatic heterocycles. The van der Waals surface area contributed by atoms with Crippen LogP contribution in [0.4, 0.5) is 23.1 Å². The molecule has 1 fully saturated rings. The number of fused-ring (bicyclic) bond motifs is 1. The van der Waals surface area contributed by atoms with Crippen molar-refractivity contribution >= 4 is 40.0 Å². The Hall–Kier alpha value is -4.64. The Labute approximate surface area is 203 Å². The largest absolute Gasteiger partial charge is 0.399 e. The number of anilines is 4. The lowest BCUT2D eigenvalue weighted by atomic mass is 10.1. The number of nitrogen functional groups attached to an aromatic ring is 1. The second-order valence-corrected chi connectivity index (χ2v) is 8.63. The first-order valence-corrected chi connectivity index (χ1v) is 11.5. The van der Waals surface area contributed by atoms with Crippen LogP contribution in [0, 0.1) is 11.3 Å². The van der Waals surface area contributed by atoms with Gasteiger partial charge >= 0.3 is 0 Å². The normalized spacial score (nSPS) is 15.1. The number of carbonyl (C=O) groups excluding carboxylic acids is 1. The van der Waals surface area contributed by atoms with Gasteiger partial charge in [-0.2, -0.15) is 10.2 Å². The molecule has 2 heterocycles. The molecule has 3 aromatic carbocycles. The molecule has 1 aliphatic rings. The van der Waals surface area contributed by atoms with Gasteiger partial charge in [0.15, 0.2) is 0 Å². The minimum atomic E-state index is 0.0212. The predicted molar refractivity (Wildman–Crippen MR) is 137 cm³/mol. The van der Waals surface area contributed by atoms with E-state index in [9.17, 15) is 10.1 Å². The van der Waals surface area contributed by atoms with E-state index in [-0.39, 0.29) is 11.9 Å². The van der Waals surface area contributed by atoms with Gasteiger partial charge in [-0.15, -0.1) is 0 Å². The zero-order chi connectivity index (χ0) is 24.2. The Balaban J connectivity index is 1.36. The molecule has 174 valence electrons. The summed E-state index contributed by atoms with van der Waals surface area (Å²) in [6, 6.07) is 24.8. The summed E-state index contributed by atoms with van der Waals surface area (Å²) in [5.41, 5.74) is 9.34. The number of hydrogen-bond donors (Lipinski definition) is 3. The number of nitrogens with zero attached hydrogens (tertiary/aromatic N) is 4. The molecule has 4 aromatic rings. The third-order valence-corrected chi connectivity index (χ3v) is 5.98. The third-order valence-electron chi connectivity index (χ3n) is 5.98. The van der Waals surface area contributed by atoms with E-state index in [0.29, 0.717) is 35.9 Å². The molecule has 1 amide bonds. The smallest absolute Gasteiger partial charge is 0.229 e. The molecule has 0 bridgehead atoms. The second kappa shape index (κ2) is 9.69. The Bertz CT molecular complexity index is 1410. The number of amides is 1. The Morgan fingerprint density at radius 1 is 1.09 bits per heavy atom. The van der Waals surface area contributed by atoms with Crippen molar-refractivity contribution in [1.82, 2.24) is 15.3 Å². The van der Waals surface area contributed by atoms with Gasteiger partial charge in [-0.25, -0.2) is 4.98 Å². The third kappa shape index (κ3) is 5.14. The SMILES string of the molecule is N#Cc1cc(N)cc(Nc2nc(N3CC[C@H](NC(=O)Cc4ccccc4)C3)c3ccccc3n2)c1. The molecule has 1 saturated heterocycles. The van der Waals surface area contributed by atoms with E-state index < -0.39 is 0 Å². The molecule has 0 unspecified atom stereocenters. The Morgan fingerprint density at radius 2 is 1.89 bits per heavy atom. The first-order chi connectivity index (χ1) is 17.1. The number of para-hydroxylation sites is 1. The fourth-order valence-electron chi connectivity index (χ4n) is 4.40. The van der Waals surface area contributed by atoms with E-state index in [2.05, 4.69) is 26.6 Å². The van der Waals surface area contributed by atoms with Crippen molar-refractivity contribution in [3.63, 3.8) is 0 Å². The predicted octanol–water partition coefficient (Wildman–Crippen LogP) is 3.76. The minimum Gasteiger partial charge on any atom is -0.399 e. The van der Waals surface area contributed by atoms with Gasteiger partial charge in [0.05, 0.1) is 23.6 Å². The van der Waals surface area contributed by atoms with Crippen LogP contribution in [0.5, 0.6) is 0 Å². The van der Waals surface area contributed by atoms with Gasteiger partial charge in [0, 0.05) is 35.9 Å². The first-order valence-electron chi connectivity index (χ1n) is 11.5. The van der Waals surface area contributed by atoms with Gasteiger partial charge in [0.2, 0.25) is 11.9 Å². The van der Waals surface area contributed by atoms with Crippen molar-refractivity contribution < 1.29 is 4.79 Å². The zero-order valence-electron chi connectivity index (χ0n) is 19.1. The summed E-state index contributed by atoms with van der Waals surface area (Å²) >= 11 is 0. The number of benzene rings is 3. The minimum absolute atomic E-state index is 0.0212.